The van der Waals surface area contributed by atoms with Gasteiger partial charge in [0.25, 0.3) is 0 Å². The van der Waals surface area contributed by atoms with Crippen LogP contribution in [-0.2, 0) is 11.0 Å². The molecule has 1 N–H and O–H groups in total. The summed E-state index contributed by atoms with van der Waals surface area (Å²) in [5.74, 6) is 0.700. The summed E-state index contributed by atoms with van der Waals surface area (Å²) in [5.41, 5.74) is 0. The van der Waals surface area contributed by atoms with Gasteiger partial charge in [0.1, 0.15) is 5.84 Å². The van der Waals surface area contributed by atoms with Gasteiger partial charge in [0.05, 0.1) is 0 Å². The molecular formula is C4H6N2OS. The zero-order valence-electron chi connectivity index (χ0n) is 4.42. The van der Waals surface area contributed by atoms with E-state index in [9.17, 15) is 4.21 Å². The molecule has 0 aliphatic carbocycles. The van der Waals surface area contributed by atoms with Crippen molar-refractivity contribution < 1.29 is 4.21 Å². The maximum Gasteiger partial charge on any atom is 0.168 e. The number of nitrogens with one attached hydrogen (secondary N) is 1. The van der Waals surface area contributed by atoms with Crippen LogP contribution >= 0.6 is 0 Å². The molecule has 44 valence electrons. The van der Waals surface area contributed by atoms with Crippen LogP contribution in [0.3, 0.4) is 0 Å². The van der Waals surface area contributed by atoms with E-state index in [0.717, 1.165) is 0 Å². The number of hydrogen-bond acceptors (Lipinski definition) is 2. The first-order valence-corrected chi connectivity index (χ1v) is 3.35. The van der Waals surface area contributed by atoms with Crippen LogP contribution in [0.1, 0.15) is 6.92 Å². The van der Waals surface area contributed by atoms with Gasteiger partial charge in [-0.3, -0.25) is 0 Å². The predicted molar refractivity (Wildman–Crippen MR) is 33.5 cm³/mol. The molecule has 1 aliphatic heterocycles. The van der Waals surface area contributed by atoms with Crippen molar-refractivity contribution in [2.75, 3.05) is 0 Å². The van der Waals surface area contributed by atoms with E-state index in [1.54, 1.807) is 13.1 Å². The summed E-state index contributed by atoms with van der Waals surface area (Å²) < 4.78 is 14.1. The summed E-state index contributed by atoms with van der Waals surface area (Å²) >= 11 is 0. The van der Waals surface area contributed by atoms with Crippen LogP contribution in [0.25, 0.3) is 0 Å². The Kier molecular flexibility index (Phi) is 1.43. The summed E-state index contributed by atoms with van der Waals surface area (Å²) in [6, 6.07) is 0. The predicted octanol–water partition coefficient (Wildman–Crippen LogP) is 0.143. The van der Waals surface area contributed by atoms with Crippen molar-refractivity contribution in [1.29, 1.82) is 0 Å². The fourth-order valence-corrected chi connectivity index (χ4v) is 0.973. The fraction of sp³-hybridized carbons (Fsp3) is 0.250. The highest BCUT2D eigenvalue weighted by molar-refractivity contribution is 7.86. The average molecular weight is 130 g/mol. The molecule has 0 radical (unpaired) electrons. The Morgan fingerprint density at radius 3 is 3.00 bits per heavy atom. The van der Waals surface area contributed by atoms with Crippen LogP contribution in [0.15, 0.2) is 16.0 Å². The molecule has 4 heteroatoms. The zero-order chi connectivity index (χ0) is 5.98. The first-order chi connectivity index (χ1) is 3.79. The molecule has 0 aromatic rings. The van der Waals surface area contributed by atoms with Crippen molar-refractivity contribution >= 4 is 16.8 Å². The SMILES string of the molecule is CC1=NS(=O)C=CN1. The normalized spacial score (nSPS) is 26.6. The third kappa shape index (κ3) is 1.16. The molecule has 0 bridgehead atoms. The van der Waals surface area contributed by atoms with Gasteiger partial charge in [0.2, 0.25) is 0 Å². The summed E-state index contributed by atoms with van der Waals surface area (Å²) in [7, 11) is -1.13. The Bertz CT molecular complexity index is 173. The molecule has 0 saturated carbocycles. The molecule has 1 rings (SSSR count). The van der Waals surface area contributed by atoms with Crippen molar-refractivity contribution in [2.45, 2.75) is 6.92 Å². The highest BCUT2D eigenvalue weighted by Gasteiger charge is 1.95. The Labute approximate surface area is 50.1 Å². The Balaban J connectivity index is 2.74. The van der Waals surface area contributed by atoms with Gasteiger partial charge >= 0.3 is 0 Å². The molecule has 0 amide bonds. The molecule has 0 aromatic heterocycles. The maximum atomic E-state index is 10.5. The summed E-state index contributed by atoms with van der Waals surface area (Å²) in [4.78, 5) is 0. The second kappa shape index (κ2) is 2.09. The first-order valence-electron chi connectivity index (χ1n) is 2.18. The van der Waals surface area contributed by atoms with Crippen molar-refractivity contribution in [3.63, 3.8) is 0 Å². The highest BCUT2D eigenvalue weighted by atomic mass is 32.2. The quantitative estimate of drug-likeness (QED) is 0.507. The lowest BCUT2D eigenvalue weighted by molar-refractivity contribution is 0.689. The van der Waals surface area contributed by atoms with E-state index in [1.807, 2.05) is 0 Å². The van der Waals surface area contributed by atoms with Crippen molar-refractivity contribution in [1.82, 2.24) is 5.32 Å². The van der Waals surface area contributed by atoms with Gasteiger partial charge in [0.15, 0.2) is 11.0 Å². The van der Waals surface area contributed by atoms with Gasteiger partial charge in [-0.2, -0.15) is 4.40 Å². The van der Waals surface area contributed by atoms with Gasteiger partial charge in [-0.05, 0) is 6.92 Å². The molecule has 1 heterocycles. The molecule has 1 unspecified atom stereocenters. The molecule has 8 heavy (non-hydrogen) atoms. The second-order valence-electron chi connectivity index (χ2n) is 1.40. The minimum atomic E-state index is -1.13. The molecular weight excluding hydrogens is 124 g/mol. The van der Waals surface area contributed by atoms with Gasteiger partial charge in [-0.15, -0.1) is 0 Å². The van der Waals surface area contributed by atoms with Crippen LogP contribution in [0.5, 0.6) is 0 Å². The second-order valence-corrected chi connectivity index (χ2v) is 2.41. The number of rotatable bonds is 0. The summed E-state index contributed by atoms with van der Waals surface area (Å²) in [6.07, 6.45) is 1.62. The lowest BCUT2D eigenvalue weighted by Gasteiger charge is -2.00. The molecule has 0 fully saturated rings. The minimum Gasteiger partial charge on any atom is -0.349 e. The number of nitrogens with zero attached hydrogens (tertiary/aromatic N) is 1. The van der Waals surface area contributed by atoms with Crippen LogP contribution in [0.2, 0.25) is 0 Å². The summed E-state index contributed by atoms with van der Waals surface area (Å²) in [6.45, 7) is 1.77. The minimum absolute atomic E-state index is 0.700. The van der Waals surface area contributed by atoms with Gasteiger partial charge in [0, 0.05) is 11.6 Å². The fourth-order valence-electron chi connectivity index (χ4n) is 0.405. The molecule has 1 aliphatic rings. The largest absolute Gasteiger partial charge is 0.349 e. The van der Waals surface area contributed by atoms with Crippen LogP contribution in [-0.4, -0.2) is 10.0 Å². The molecule has 0 spiro atoms. The number of hydrogen-bond donors (Lipinski definition) is 1. The zero-order valence-corrected chi connectivity index (χ0v) is 5.23. The van der Waals surface area contributed by atoms with E-state index in [2.05, 4.69) is 9.71 Å². The van der Waals surface area contributed by atoms with E-state index in [-0.39, 0.29) is 0 Å². The van der Waals surface area contributed by atoms with E-state index in [4.69, 9.17) is 0 Å². The molecule has 1 atom stereocenters. The lowest BCUT2D eigenvalue weighted by atomic mass is 10.7. The molecule has 0 saturated heterocycles. The maximum absolute atomic E-state index is 10.5. The highest BCUT2D eigenvalue weighted by Crippen LogP contribution is 1.91. The Hall–Kier alpha value is -0.640. The van der Waals surface area contributed by atoms with E-state index in [1.165, 1.54) is 5.41 Å². The topological polar surface area (TPSA) is 41.5 Å². The number of amidine groups is 1. The van der Waals surface area contributed by atoms with Gasteiger partial charge in [-0.25, -0.2) is 4.21 Å². The smallest absolute Gasteiger partial charge is 0.168 e. The van der Waals surface area contributed by atoms with Crippen LogP contribution < -0.4 is 5.32 Å². The standard InChI is InChI=1S/C4H6N2OS/c1-4-5-2-3-8(7)6-4/h2-3H,1H3,(H,5,6). The van der Waals surface area contributed by atoms with E-state index >= 15 is 0 Å². The molecule has 0 aromatic carbocycles. The third-order valence-corrected chi connectivity index (χ3v) is 1.53. The monoisotopic (exact) mass is 130 g/mol. The van der Waals surface area contributed by atoms with Crippen LogP contribution in [0, 0.1) is 0 Å². The van der Waals surface area contributed by atoms with Crippen molar-refractivity contribution in [3.8, 4) is 0 Å². The molecule has 3 nitrogen and oxygen atoms in total. The van der Waals surface area contributed by atoms with Crippen LogP contribution in [0.4, 0.5) is 0 Å². The first kappa shape index (κ1) is 5.50. The summed E-state index contributed by atoms with van der Waals surface area (Å²) in [5, 5.41) is 4.28. The lowest BCUT2D eigenvalue weighted by Crippen LogP contribution is -2.16. The van der Waals surface area contributed by atoms with Crippen molar-refractivity contribution in [2.24, 2.45) is 4.40 Å². The van der Waals surface area contributed by atoms with E-state index < -0.39 is 11.0 Å². The average Bonchev–Trinajstić information content (AvgIpc) is 1.64. The third-order valence-electron chi connectivity index (χ3n) is 0.704. The Morgan fingerprint density at radius 2 is 2.62 bits per heavy atom. The van der Waals surface area contributed by atoms with E-state index in [0.29, 0.717) is 5.84 Å². The van der Waals surface area contributed by atoms with Crippen molar-refractivity contribution in [3.05, 3.63) is 11.6 Å². The van der Waals surface area contributed by atoms with Gasteiger partial charge in [-0.1, -0.05) is 0 Å². The van der Waals surface area contributed by atoms with Gasteiger partial charge < -0.3 is 5.32 Å². The Morgan fingerprint density at radius 1 is 1.88 bits per heavy atom.